The Hall–Kier alpha value is -3.45. The number of nitrogens with one attached hydrogen (secondary N) is 2. The monoisotopic (exact) mass is 472 g/mol. The second-order valence-electron chi connectivity index (χ2n) is 8.90. The molecule has 176 valence electrons. The van der Waals surface area contributed by atoms with Gasteiger partial charge in [0.2, 0.25) is 0 Å². The van der Waals surface area contributed by atoms with E-state index in [-0.39, 0.29) is 0 Å². The van der Waals surface area contributed by atoms with Crippen LogP contribution in [0.3, 0.4) is 0 Å². The molecule has 0 aliphatic carbocycles. The first-order valence-corrected chi connectivity index (χ1v) is 11.9. The van der Waals surface area contributed by atoms with Crippen molar-refractivity contribution < 1.29 is 0 Å². The second kappa shape index (κ2) is 9.81. The van der Waals surface area contributed by atoms with Crippen LogP contribution in [-0.2, 0) is 13.1 Å². The van der Waals surface area contributed by atoms with Crippen molar-refractivity contribution in [2.24, 2.45) is 0 Å². The number of hydrogen-bond donors (Lipinski definition) is 2. The van der Waals surface area contributed by atoms with Crippen LogP contribution in [0, 0.1) is 41.5 Å². The summed E-state index contributed by atoms with van der Waals surface area (Å²) < 4.78 is 4.05. The second-order valence-corrected chi connectivity index (χ2v) is 9.31. The third-order valence-electron chi connectivity index (χ3n) is 6.24. The molecule has 0 aliphatic rings. The largest absolute Gasteiger partial charge is 0.329 e. The van der Waals surface area contributed by atoms with Crippen LogP contribution in [0.15, 0.2) is 48.5 Å². The van der Waals surface area contributed by atoms with E-state index in [1.54, 1.807) is 0 Å². The molecule has 4 rings (SSSR count). The number of anilines is 2. The van der Waals surface area contributed by atoms with E-state index in [0.717, 1.165) is 47.2 Å². The summed E-state index contributed by atoms with van der Waals surface area (Å²) in [7, 11) is 0. The van der Waals surface area contributed by atoms with Gasteiger partial charge in [0.15, 0.2) is 5.11 Å². The van der Waals surface area contributed by atoms with Crippen molar-refractivity contribution in [3.63, 3.8) is 0 Å². The van der Waals surface area contributed by atoms with E-state index in [0.29, 0.717) is 5.11 Å². The Morgan fingerprint density at radius 1 is 0.765 bits per heavy atom. The van der Waals surface area contributed by atoms with Gasteiger partial charge in [-0.2, -0.15) is 10.2 Å². The minimum Gasteiger partial charge on any atom is -0.329 e. The number of aryl methyl sites for hydroxylation is 4. The van der Waals surface area contributed by atoms with Gasteiger partial charge in [0.1, 0.15) is 0 Å². The van der Waals surface area contributed by atoms with E-state index >= 15 is 0 Å². The Morgan fingerprint density at radius 2 is 1.35 bits per heavy atom. The summed E-state index contributed by atoms with van der Waals surface area (Å²) >= 11 is 5.68. The Morgan fingerprint density at radius 3 is 1.94 bits per heavy atom. The summed E-state index contributed by atoms with van der Waals surface area (Å²) in [6.07, 6.45) is 0. The van der Waals surface area contributed by atoms with Crippen LogP contribution < -0.4 is 10.6 Å². The van der Waals surface area contributed by atoms with Crippen molar-refractivity contribution in [3.05, 3.63) is 93.6 Å². The molecule has 4 aromatic rings. The Bertz CT molecular complexity index is 1350. The summed E-state index contributed by atoms with van der Waals surface area (Å²) in [6.45, 7) is 13.8. The van der Waals surface area contributed by atoms with Gasteiger partial charge >= 0.3 is 0 Å². The molecule has 2 aromatic heterocycles. The number of hydrogen-bond acceptors (Lipinski definition) is 3. The molecule has 7 heteroatoms. The first kappa shape index (κ1) is 23.7. The molecule has 0 saturated heterocycles. The van der Waals surface area contributed by atoms with Gasteiger partial charge in [0, 0.05) is 0 Å². The van der Waals surface area contributed by atoms with Crippen molar-refractivity contribution in [1.82, 2.24) is 19.6 Å². The van der Waals surface area contributed by atoms with Gasteiger partial charge in [0.25, 0.3) is 0 Å². The molecule has 2 heterocycles. The molecule has 0 radical (unpaired) electrons. The maximum Gasteiger partial charge on any atom is 0.175 e. The average Bonchev–Trinajstić information content (AvgIpc) is 3.19. The normalized spacial score (nSPS) is 11.0. The maximum atomic E-state index is 5.68. The van der Waals surface area contributed by atoms with Crippen LogP contribution in [-0.4, -0.2) is 24.7 Å². The Kier molecular flexibility index (Phi) is 6.84. The third-order valence-corrected chi connectivity index (χ3v) is 6.44. The molecular weight excluding hydrogens is 440 g/mol. The lowest BCUT2D eigenvalue weighted by atomic mass is 10.1. The maximum absolute atomic E-state index is 5.68. The summed E-state index contributed by atoms with van der Waals surface area (Å²) in [5.41, 5.74) is 10.8. The molecular formula is C27H32N6S. The van der Waals surface area contributed by atoms with Crippen molar-refractivity contribution >= 4 is 28.7 Å². The molecule has 0 aliphatic heterocycles. The van der Waals surface area contributed by atoms with E-state index in [2.05, 4.69) is 86.9 Å². The molecule has 34 heavy (non-hydrogen) atoms. The molecule has 2 N–H and O–H groups in total. The van der Waals surface area contributed by atoms with Gasteiger partial charge in [-0.1, -0.05) is 54.1 Å². The van der Waals surface area contributed by atoms with Gasteiger partial charge in [-0.15, -0.1) is 0 Å². The standard InChI is InChI=1S/C27H32N6S/c1-17-10-9-12-23(14-17)15-32-21(5)25(19(3)30-32)28-27(34)29-26-20(4)31-33(22(26)6)16-24-13-8-7-11-18(24)2/h7-14H,15-16H2,1-6H3,(H2,28,29,34). The Labute approximate surface area is 207 Å². The van der Waals surface area contributed by atoms with Crippen molar-refractivity contribution in [1.29, 1.82) is 0 Å². The fourth-order valence-corrected chi connectivity index (χ4v) is 4.46. The Balaban J connectivity index is 1.48. The number of benzene rings is 2. The minimum atomic E-state index is 0.531. The van der Waals surface area contributed by atoms with Gasteiger partial charge in [-0.25, -0.2) is 0 Å². The van der Waals surface area contributed by atoms with Crippen LogP contribution in [0.1, 0.15) is 45.0 Å². The lowest BCUT2D eigenvalue weighted by molar-refractivity contribution is 0.657. The predicted molar refractivity (Wildman–Crippen MR) is 144 cm³/mol. The summed E-state index contributed by atoms with van der Waals surface area (Å²) in [4.78, 5) is 0. The highest BCUT2D eigenvalue weighted by molar-refractivity contribution is 7.80. The third kappa shape index (κ3) is 5.04. The number of nitrogens with zero attached hydrogens (tertiary/aromatic N) is 4. The van der Waals surface area contributed by atoms with E-state index in [1.165, 1.54) is 22.3 Å². The molecule has 0 bridgehead atoms. The minimum absolute atomic E-state index is 0.531. The average molecular weight is 473 g/mol. The van der Waals surface area contributed by atoms with Gasteiger partial charge in [0.05, 0.1) is 47.2 Å². The highest BCUT2D eigenvalue weighted by atomic mass is 32.1. The summed E-state index contributed by atoms with van der Waals surface area (Å²) in [5, 5.41) is 16.8. The number of rotatable bonds is 6. The van der Waals surface area contributed by atoms with E-state index in [1.807, 2.05) is 23.2 Å². The van der Waals surface area contributed by atoms with Gasteiger partial charge in [-0.3, -0.25) is 9.36 Å². The van der Waals surface area contributed by atoms with E-state index in [9.17, 15) is 0 Å². The molecule has 0 amide bonds. The van der Waals surface area contributed by atoms with Crippen molar-refractivity contribution in [2.45, 2.75) is 54.6 Å². The summed E-state index contributed by atoms with van der Waals surface area (Å²) in [6, 6.07) is 16.9. The number of thiocarbonyl (C=S) groups is 1. The van der Waals surface area contributed by atoms with Crippen LogP contribution in [0.25, 0.3) is 0 Å². The zero-order chi connectivity index (χ0) is 24.4. The van der Waals surface area contributed by atoms with Gasteiger partial charge in [-0.05, 0) is 70.5 Å². The molecule has 0 saturated carbocycles. The van der Waals surface area contributed by atoms with Crippen molar-refractivity contribution in [3.8, 4) is 0 Å². The van der Waals surface area contributed by atoms with Crippen LogP contribution in [0.2, 0.25) is 0 Å². The molecule has 0 unspecified atom stereocenters. The fraction of sp³-hybridized carbons (Fsp3) is 0.296. The SMILES string of the molecule is Cc1cccc(Cn2nc(C)c(NC(=S)Nc3c(C)nn(Cc4ccccc4C)c3C)c2C)c1. The number of aromatic nitrogens is 4. The molecule has 0 fully saturated rings. The molecule has 2 aromatic carbocycles. The smallest absolute Gasteiger partial charge is 0.175 e. The lowest BCUT2D eigenvalue weighted by Gasteiger charge is -2.12. The zero-order valence-electron chi connectivity index (χ0n) is 20.7. The molecule has 6 nitrogen and oxygen atoms in total. The van der Waals surface area contributed by atoms with Crippen molar-refractivity contribution in [2.75, 3.05) is 10.6 Å². The fourth-order valence-electron chi connectivity index (χ4n) is 4.25. The molecule has 0 atom stereocenters. The van der Waals surface area contributed by atoms with Crippen LogP contribution in [0.4, 0.5) is 11.4 Å². The van der Waals surface area contributed by atoms with E-state index in [4.69, 9.17) is 22.4 Å². The first-order valence-electron chi connectivity index (χ1n) is 11.5. The highest BCUT2D eigenvalue weighted by Crippen LogP contribution is 2.24. The molecule has 0 spiro atoms. The topological polar surface area (TPSA) is 59.7 Å². The van der Waals surface area contributed by atoms with Crippen LogP contribution in [0.5, 0.6) is 0 Å². The first-order chi connectivity index (χ1) is 16.2. The predicted octanol–water partition coefficient (Wildman–Crippen LogP) is 5.84. The summed E-state index contributed by atoms with van der Waals surface area (Å²) in [5.74, 6) is 0. The van der Waals surface area contributed by atoms with Gasteiger partial charge < -0.3 is 10.6 Å². The lowest BCUT2D eigenvalue weighted by Crippen LogP contribution is -2.21. The zero-order valence-corrected chi connectivity index (χ0v) is 21.5. The quantitative estimate of drug-likeness (QED) is 0.346. The van der Waals surface area contributed by atoms with Crippen LogP contribution >= 0.6 is 12.2 Å². The van der Waals surface area contributed by atoms with E-state index < -0.39 is 0 Å². The highest BCUT2D eigenvalue weighted by Gasteiger charge is 2.17.